The number of carbonyl (C=O) groups is 1. The fourth-order valence-electron chi connectivity index (χ4n) is 1.95. The summed E-state index contributed by atoms with van der Waals surface area (Å²) in [4.78, 5) is 13.4. The molecule has 0 saturated carbocycles. The molecule has 1 aromatic heterocycles. The zero-order valence-electron chi connectivity index (χ0n) is 12.9. The molecule has 0 spiro atoms. The van der Waals surface area contributed by atoms with Gasteiger partial charge in [0.25, 0.3) is 0 Å². The number of hydrogen-bond acceptors (Lipinski definition) is 6. The molecule has 1 atom stereocenters. The zero-order chi connectivity index (χ0) is 16.2. The van der Waals surface area contributed by atoms with Crippen molar-refractivity contribution in [2.24, 2.45) is 0 Å². The normalized spacial score (nSPS) is 12.1. The smallest absolute Gasteiger partial charge is 0.307 e. The molecule has 0 aliphatic heterocycles. The average molecular weight is 309 g/mol. The van der Waals surface area contributed by atoms with Crippen LogP contribution in [0.4, 0.5) is 0 Å². The summed E-state index contributed by atoms with van der Waals surface area (Å²) >= 11 is 0. The van der Waals surface area contributed by atoms with E-state index in [-0.39, 0.29) is 25.6 Å². The van der Waals surface area contributed by atoms with E-state index in [2.05, 4.69) is 5.92 Å². The highest BCUT2D eigenvalue weighted by Crippen LogP contribution is 2.07. The van der Waals surface area contributed by atoms with Gasteiger partial charge in [0.2, 0.25) is 0 Å². The molecule has 0 aliphatic carbocycles. The predicted molar refractivity (Wildman–Crippen MR) is 80.9 cm³/mol. The van der Waals surface area contributed by atoms with Gasteiger partial charge in [-0.1, -0.05) is 5.92 Å². The fraction of sp³-hybridized carbons (Fsp3) is 0.562. The van der Waals surface area contributed by atoms with Crippen molar-refractivity contribution >= 4 is 5.97 Å². The number of esters is 1. The number of furan rings is 1. The lowest BCUT2D eigenvalue weighted by molar-refractivity contribution is -0.143. The lowest BCUT2D eigenvalue weighted by Gasteiger charge is -2.23. The molecule has 0 saturated heterocycles. The monoisotopic (exact) mass is 309 g/mol. The van der Waals surface area contributed by atoms with Crippen LogP contribution in [-0.4, -0.2) is 55.0 Å². The molecule has 0 aromatic carbocycles. The van der Waals surface area contributed by atoms with E-state index in [0.29, 0.717) is 26.2 Å². The number of rotatable bonds is 11. The third kappa shape index (κ3) is 7.84. The van der Waals surface area contributed by atoms with E-state index in [0.717, 1.165) is 5.76 Å². The van der Waals surface area contributed by atoms with Crippen molar-refractivity contribution in [2.75, 3.05) is 32.9 Å². The fourth-order valence-corrected chi connectivity index (χ4v) is 1.95. The van der Waals surface area contributed by atoms with Gasteiger partial charge in [0, 0.05) is 13.1 Å². The van der Waals surface area contributed by atoms with Crippen molar-refractivity contribution in [3.05, 3.63) is 24.2 Å². The SMILES string of the molecule is C#CCOCC(O)CN(CCC(=O)OCC)Cc1ccco1. The van der Waals surface area contributed by atoms with Gasteiger partial charge in [-0.25, -0.2) is 0 Å². The predicted octanol–water partition coefficient (Wildman–Crippen LogP) is 1.05. The number of carbonyl (C=O) groups excluding carboxylic acids is 1. The van der Waals surface area contributed by atoms with Gasteiger partial charge in [-0.2, -0.15) is 0 Å². The maximum absolute atomic E-state index is 11.5. The van der Waals surface area contributed by atoms with E-state index < -0.39 is 6.10 Å². The molecule has 6 heteroatoms. The quantitative estimate of drug-likeness (QED) is 0.374. The van der Waals surface area contributed by atoms with Crippen molar-refractivity contribution in [3.63, 3.8) is 0 Å². The molecule has 0 radical (unpaired) electrons. The van der Waals surface area contributed by atoms with Crippen molar-refractivity contribution in [2.45, 2.75) is 26.0 Å². The Labute approximate surface area is 131 Å². The molecule has 1 heterocycles. The summed E-state index contributed by atoms with van der Waals surface area (Å²) in [5.41, 5.74) is 0. The Hall–Kier alpha value is -1.81. The maximum Gasteiger partial charge on any atom is 0.307 e. The Kier molecular flexibility index (Phi) is 9.00. The third-order valence-corrected chi connectivity index (χ3v) is 2.86. The van der Waals surface area contributed by atoms with Crippen LogP contribution in [0.15, 0.2) is 22.8 Å². The standard InChI is InChI=1S/C16H23NO5/c1-3-9-20-13-14(18)11-17(8-7-16(19)21-4-2)12-15-6-5-10-22-15/h1,5-6,10,14,18H,4,7-9,11-13H2,2H3. The second kappa shape index (κ2) is 10.9. The summed E-state index contributed by atoms with van der Waals surface area (Å²) in [5.74, 6) is 2.85. The molecule has 0 bridgehead atoms. The summed E-state index contributed by atoms with van der Waals surface area (Å²) in [6.07, 6.45) is 6.24. The third-order valence-electron chi connectivity index (χ3n) is 2.86. The zero-order valence-corrected chi connectivity index (χ0v) is 12.9. The number of aliphatic hydroxyl groups is 1. The number of nitrogens with zero attached hydrogens (tertiary/aromatic N) is 1. The van der Waals surface area contributed by atoms with Crippen LogP contribution >= 0.6 is 0 Å². The van der Waals surface area contributed by atoms with Gasteiger partial charge in [-0.15, -0.1) is 6.42 Å². The van der Waals surface area contributed by atoms with Crippen molar-refractivity contribution in [3.8, 4) is 12.3 Å². The molecule has 1 rings (SSSR count). The Bertz CT molecular complexity index is 452. The minimum atomic E-state index is -0.689. The van der Waals surface area contributed by atoms with E-state index in [9.17, 15) is 9.90 Å². The van der Waals surface area contributed by atoms with E-state index in [1.54, 1.807) is 19.3 Å². The summed E-state index contributed by atoms with van der Waals surface area (Å²) < 4.78 is 15.3. The van der Waals surface area contributed by atoms with Gasteiger partial charge < -0.3 is 19.0 Å². The first-order valence-corrected chi connectivity index (χ1v) is 7.25. The highest BCUT2D eigenvalue weighted by atomic mass is 16.5. The summed E-state index contributed by atoms with van der Waals surface area (Å²) in [6.45, 7) is 3.76. The Balaban J connectivity index is 2.46. The van der Waals surface area contributed by atoms with Gasteiger partial charge in [-0.3, -0.25) is 9.69 Å². The van der Waals surface area contributed by atoms with Crippen molar-refractivity contribution < 1.29 is 23.8 Å². The highest BCUT2D eigenvalue weighted by molar-refractivity contribution is 5.69. The second-order valence-corrected chi connectivity index (χ2v) is 4.74. The minimum Gasteiger partial charge on any atom is -0.468 e. The Morgan fingerprint density at radius 3 is 3.05 bits per heavy atom. The summed E-state index contributed by atoms with van der Waals surface area (Å²) in [7, 11) is 0. The molecule has 1 unspecified atom stereocenters. The summed E-state index contributed by atoms with van der Waals surface area (Å²) in [5, 5.41) is 9.96. The molecule has 22 heavy (non-hydrogen) atoms. The van der Waals surface area contributed by atoms with Gasteiger partial charge >= 0.3 is 5.97 Å². The number of ether oxygens (including phenoxy) is 2. The largest absolute Gasteiger partial charge is 0.468 e. The van der Waals surface area contributed by atoms with Gasteiger partial charge in [-0.05, 0) is 19.1 Å². The summed E-state index contributed by atoms with van der Waals surface area (Å²) in [6, 6.07) is 3.64. The molecule has 0 amide bonds. The number of hydrogen-bond donors (Lipinski definition) is 1. The van der Waals surface area contributed by atoms with Crippen LogP contribution in [-0.2, 0) is 20.8 Å². The van der Waals surface area contributed by atoms with E-state index in [1.165, 1.54) is 0 Å². The second-order valence-electron chi connectivity index (χ2n) is 4.74. The first-order chi connectivity index (χ1) is 10.7. The molecule has 1 aromatic rings. The first kappa shape index (κ1) is 18.2. The average Bonchev–Trinajstić information content (AvgIpc) is 2.98. The molecular weight excluding hydrogens is 286 g/mol. The highest BCUT2D eigenvalue weighted by Gasteiger charge is 2.15. The molecular formula is C16H23NO5. The van der Waals surface area contributed by atoms with Crippen LogP contribution in [0.1, 0.15) is 19.1 Å². The van der Waals surface area contributed by atoms with E-state index >= 15 is 0 Å². The lowest BCUT2D eigenvalue weighted by Crippen LogP contribution is -2.36. The van der Waals surface area contributed by atoms with Crippen LogP contribution in [0.5, 0.6) is 0 Å². The topological polar surface area (TPSA) is 72.1 Å². The van der Waals surface area contributed by atoms with Gasteiger partial charge in [0.1, 0.15) is 12.4 Å². The Morgan fingerprint density at radius 1 is 1.59 bits per heavy atom. The Morgan fingerprint density at radius 2 is 2.41 bits per heavy atom. The van der Waals surface area contributed by atoms with Gasteiger partial charge in [0.15, 0.2) is 0 Å². The number of aliphatic hydroxyl groups excluding tert-OH is 1. The van der Waals surface area contributed by atoms with Gasteiger partial charge in [0.05, 0.1) is 38.5 Å². The van der Waals surface area contributed by atoms with Crippen LogP contribution in [0.2, 0.25) is 0 Å². The maximum atomic E-state index is 11.5. The number of terminal acetylenes is 1. The lowest BCUT2D eigenvalue weighted by atomic mass is 10.3. The van der Waals surface area contributed by atoms with Crippen LogP contribution in [0, 0.1) is 12.3 Å². The molecule has 0 fully saturated rings. The first-order valence-electron chi connectivity index (χ1n) is 7.25. The van der Waals surface area contributed by atoms with E-state index in [4.69, 9.17) is 20.3 Å². The van der Waals surface area contributed by atoms with Crippen LogP contribution in [0.25, 0.3) is 0 Å². The van der Waals surface area contributed by atoms with Crippen LogP contribution in [0.3, 0.4) is 0 Å². The minimum absolute atomic E-state index is 0.151. The van der Waals surface area contributed by atoms with Crippen molar-refractivity contribution in [1.29, 1.82) is 0 Å². The van der Waals surface area contributed by atoms with E-state index in [1.807, 2.05) is 11.0 Å². The molecule has 0 aliphatic rings. The molecule has 6 nitrogen and oxygen atoms in total. The molecule has 122 valence electrons. The molecule has 1 N–H and O–H groups in total. The van der Waals surface area contributed by atoms with Crippen molar-refractivity contribution in [1.82, 2.24) is 4.90 Å². The van der Waals surface area contributed by atoms with Crippen LogP contribution < -0.4 is 0 Å².